The molecule has 12 heavy (non-hydrogen) atoms. The minimum absolute atomic E-state index is 0.761. The Morgan fingerprint density at radius 3 is 3.08 bits per heavy atom. The number of alkyl halides is 1. The van der Waals surface area contributed by atoms with Crippen molar-refractivity contribution in [1.29, 1.82) is 0 Å². The summed E-state index contributed by atoms with van der Waals surface area (Å²) in [6.07, 6.45) is 9.39. The van der Waals surface area contributed by atoms with Crippen molar-refractivity contribution in [3.63, 3.8) is 0 Å². The fourth-order valence-corrected chi connectivity index (χ4v) is 2.16. The van der Waals surface area contributed by atoms with Crippen LogP contribution >= 0.6 is 22.6 Å². The monoisotopic (exact) mass is 276 g/mol. The van der Waals surface area contributed by atoms with Gasteiger partial charge in [0.2, 0.25) is 0 Å². The molecule has 0 saturated carbocycles. The van der Waals surface area contributed by atoms with Gasteiger partial charge in [-0.2, -0.15) is 0 Å². The standard InChI is InChI=1S/C10H13IO/c11-9-4-3-8-2-1-7-12-10(8)6-5-9/h3,6,9H,1-2,4-5,7H2. The minimum atomic E-state index is 0.761. The van der Waals surface area contributed by atoms with Crippen molar-refractivity contribution in [2.24, 2.45) is 0 Å². The van der Waals surface area contributed by atoms with E-state index in [9.17, 15) is 0 Å². The van der Waals surface area contributed by atoms with Crippen LogP contribution in [0.2, 0.25) is 0 Å². The molecule has 0 amide bonds. The third kappa shape index (κ3) is 1.84. The van der Waals surface area contributed by atoms with Crippen molar-refractivity contribution < 1.29 is 4.74 Å². The zero-order chi connectivity index (χ0) is 8.39. The Hall–Kier alpha value is 0.01000. The van der Waals surface area contributed by atoms with Crippen molar-refractivity contribution in [2.75, 3.05) is 6.61 Å². The number of ether oxygens (including phenoxy) is 1. The van der Waals surface area contributed by atoms with E-state index in [4.69, 9.17) is 4.74 Å². The van der Waals surface area contributed by atoms with Crippen LogP contribution < -0.4 is 0 Å². The molecule has 0 N–H and O–H groups in total. The Balaban J connectivity index is 2.18. The summed E-state index contributed by atoms with van der Waals surface area (Å²) in [5.74, 6) is 1.17. The number of hydrogen-bond acceptors (Lipinski definition) is 1. The molecular formula is C10H13IO. The van der Waals surface area contributed by atoms with Crippen LogP contribution in [0.1, 0.15) is 25.7 Å². The van der Waals surface area contributed by atoms with E-state index in [0.717, 1.165) is 17.0 Å². The molecule has 0 aromatic carbocycles. The second-order valence-electron chi connectivity index (χ2n) is 3.32. The van der Waals surface area contributed by atoms with Gasteiger partial charge in [-0.1, -0.05) is 28.7 Å². The van der Waals surface area contributed by atoms with E-state index in [2.05, 4.69) is 34.7 Å². The molecular weight excluding hydrogens is 263 g/mol. The summed E-state index contributed by atoms with van der Waals surface area (Å²) in [4.78, 5) is 0. The highest BCUT2D eigenvalue weighted by Crippen LogP contribution is 2.29. The third-order valence-electron chi connectivity index (χ3n) is 2.34. The Kier molecular flexibility index (Phi) is 2.73. The summed E-state index contributed by atoms with van der Waals surface area (Å²) < 4.78 is 6.36. The van der Waals surface area contributed by atoms with Gasteiger partial charge in [-0.15, -0.1) is 0 Å². The molecule has 2 aliphatic rings. The van der Waals surface area contributed by atoms with Crippen molar-refractivity contribution in [1.82, 2.24) is 0 Å². The van der Waals surface area contributed by atoms with Gasteiger partial charge in [0.05, 0.1) is 6.61 Å². The molecule has 2 rings (SSSR count). The average molecular weight is 276 g/mol. The number of allylic oxidation sites excluding steroid dienone is 3. The normalized spacial score (nSPS) is 29.2. The topological polar surface area (TPSA) is 9.23 Å². The summed E-state index contributed by atoms with van der Waals surface area (Å²) in [5.41, 5.74) is 1.44. The SMILES string of the molecule is IC1CC=C2CCCOC2=CC1. The first-order valence-electron chi connectivity index (χ1n) is 4.52. The largest absolute Gasteiger partial charge is 0.494 e. The van der Waals surface area contributed by atoms with Gasteiger partial charge in [-0.05, 0) is 37.3 Å². The molecule has 1 heterocycles. The molecule has 1 aliphatic heterocycles. The lowest BCUT2D eigenvalue weighted by Gasteiger charge is -2.18. The first-order chi connectivity index (χ1) is 5.86. The summed E-state index contributed by atoms with van der Waals surface area (Å²) >= 11 is 2.51. The smallest absolute Gasteiger partial charge is 0.118 e. The number of halogens is 1. The first kappa shape index (κ1) is 8.60. The lowest BCUT2D eigenvalue weighted by atomic mass is 10.1. The average Bonchev–Trinajstić information content (AvgIpc) is 2.29. The Bertz CT molecular complexity index is 206. The van der Waals surface area contributed by atoms with Crippen molar-refractivity contribution in [2.45, 2.75) is 29.6 Å². The fraction of sp³-hybridized carbons (Fsp3) is 0.600. The Labute approximate surface area is 87.0 Å². The highest BCUT2D eigenvalue weighted by Gasteiger charge is 2.16. The number of fused-ring (bicyclic) bond motifs is 1. The van der Waals surface area contributed by atoms with E-state index in [0.29, 0.717) is 0 Å². The van der Waals surface area contributed by atoms with E-state index >= 15 is 0 Å². The molecule has 0 aromatic rings. The summed E-state index contributed by atoms with van der Waals surface area (Å²) in [6.45, 7) is 0.912. The van der Waals surface area contributed by atoms with E-state index < -0.39 is 0 Å². The van der Waals surface area contributed by atoms with E-state index in [1.165, 1.54) is 30.6 Å². The second kappa shape index (κ2) is 3.81. The van der Waals surface area contributed by atoms with Crippen LogP contribution in [0.5, 0.6) is 0 Å². The summed E-state index contributed by atoms with van der Waals surface area (Å²) in [7, 11) is 0. The van der Waals surface area contributed by atoms with Crippen molar-refractivity contribution >= 4 is 22.6 Å². The zero-order valence-electron chi connectivity index (χ0n) is 7.05. The molecule has 1 atom stereocenters. The predicted octanol–water partition coefficient (Wildman–Crippen LogP) is 3.20. The first-order valence-corrected chi connectivity index (χ1v) is 5.77. The van der Waals surface area contributed by atoms with Crippen LogP contribution in [0.4, 0.5) is 0 Å². The quantitative estimate of drug-likeness (QED) is 0.487. The second-order valence-corrected chi connectivity index (χ2v) is 5.08. The van der Waals surface area contributed by atoms with Gasteiger partial charge in [0.25, 0.3) is 0 Å². The fourth-order valence-electron chi connectivity index (χ4n) is 1.65. The van der Waals surface area contributed by atoms with Gasteiger partial charge in [0.15, 0.2) is 0 Å². The highest BCUT2D eigenvalue weighted by molar-refractivity contribution is 14.1. The molecule has 66 valence electrons. The number of rotatable bonds is 0. The molecule has 1 aliphatic carbocycles. The molecule has 2 heteroatoms. The Morgan fingerprint density at radius 2 is 2.17 bits per heavy atom. The molecule has 0 spiro atoms. The van der Waals surface area contributed by atoms with Crippen LogP contribution in [0.25, 0.3) is 0 Å². The predicted molar refractivity (Wildman–Crippen MR) is 58.4 cm³/mol. The molecule has 1 saturated heterocycles. The van der Waals surface area contributed by atoms with E-state index in [1.807, 2.05) is 0 Å². The van der Waals surface area contributed by atoms with Crippen LogP contribution in [0.3, 0.4) is 0 Å². The lowest BCUT2D eigenvalue weighted by molar-refractivity contribution is 0.193. The van der Waals surface area contributed by atoms with Gasteiger partial charge in [-0.3, -0.25) is 0 Å². The minimum Gasteiger partial charge on any atom is -0.494 e. The van der Waals surface area contributed by atoms with Gasteiger partial charge in [-0.25, -0.2) is 0 Å². The molecule has 1 nitrogen and oxygen atoms in total. The summed E-state index contributed by atoms with van der Waals surface area (Å²) in [5, 5.41) is 0. The van der Waals surface area contributed by atoms with Crippen molar-refractivity contribution in [3.05, 3.63) is 23.5 Å². The third-order valence-corrected chi connectivity index (χ3v) is 3.36. The van der Waals surface area contributed by atoms with Crippen LogP contribution in [0.15, 0.2) is 23.5 Å². The van der Waals surface area contributed by atoms with Gasteiger partial charge in [0.1, 0.15) is 5.76 Å². The molecule has 1 fully saturated rings. The highest BCUT2D eigenvalue weighted by atomic mass is 127. The maximum Gasteiger partial charge on any atom is 0.118 e. The molecule has 0 aromatic heterocycles. The van der Waals surface area contributed by atoms with Crippen LogP contribution in [-0.4, -0.2) is 10.5 Å². The maximum atomic E-state index is 5.60. The Morgan fingerprint density at radius 1 is 1.33 bits per heavy atom. The van der Waals surface area contributed by atoms with E-state index in [-0.39, 0.29) is 0 Å². The maximum absolute atomic E-state index is 5.60. The van der Waals surface area contributed by atoms with Gasteiger partial charge < -0.3 is 4.74 Å². The molecule has 0 radical (unpaired) electrons. The summed E-state index contributed by atoms with van der Waals surface area (Å²) in [6, 6.07) is 0. The van der Waals surface area contributed by atoms with Gasteiger partial charge in [0, 0.05) is 3.92 Å². The van der Waals surface area contributed by atoms with Crippen LogP contribution in [0, 0.1) is 0 Å². The zero-order valence-corrected chi connectivity index (χ0v) is 9.21. The van der Waals surface area contributed by atoms with E-state index in [1.54, 1.807) is 0 Å². The van der Waals surface area contributed by atoms with Crippen molar-refractivity contribution in [3.8, 4) is 0 Å². The van der Waals surface area contributed by atoms with Crippen LogP contribution in [-0.2, 0) is 4.74 Å². The lowest BCUT2D eigenvalue weighted by Crippen LogP contribution is -2.05. The van der Waals surface area contributed by atoms with Gasteiger partial charge >= 0.3 is 0 Å². The molecule has 0 bridgehead atoms. The molecule has 1 unspecified atom stereocenters. The number of hydrogen-bond donors (Lipinski definition) is 0.